The van der Waals surface area contributed by atoms with Crippen LogP contribution < -0.4 is 5.32 Å². The zero-order valence-electron chi connectivity index (χ0n) is 15.3. The minimum atomic E-state index is -0.652. The Labute approximate surface area is 152 Å². The van der Waals surface area contributed by atoms with Gasteiger partial charge in [-0.05, 0) is 39.8 Å². The van der Waals surface area contributed by atoms with Gasteiger partial charge in [-0.1, -0.05) is 34.2 Å². The maximum absolute atomic E-state index is 12.6. The Hall–Kier alpha value is -2.15. The van der Waals surface area contributed by atoms with Gasteiger partial charge in [0.2, 0.25) is 0 Å². The van der Waals surface area contributed by atoms with Crippen LogP contribution in [0.2, 0.25) is 0 Å². The molecule has 1 N–H and O–H groups in total. The van der Waals surface area contributed by atoms with Crippen molar-refractivity contribution >= 4 is 22.8 Å². The van der Waals surface area contributed by atoms with Gasteiger partial charge >= 0.3 is 0 Å². The number of hydrogen-bond donors (Lipinski definition) is 1. The summed E-state index contributed by atoms with van der Waals surface area (Å²) in [5, 5.41) is 11.4. The number of rotatable bonds is 6. The first-order chi connectivity index (χ1) is 11.7. The summed E-state index contributed by atoms with van der Waals surface area (Å²) in [6, 6.07) is 5.77. The lowest BCUT2D eigenvalue weighted by Gasteiger charge is -2.24. The van der Waals surface area contributed by atoms with E-state index in [9.17, 15) is 9.59 Å². The lowest BCUT2D eigenvalue weighted by atomic mass is 10.00. The van der Waals surface area contributed by atoms with Gasteiger partial charge in [-0.15, -0.1) is 5.10 Å². The highest BCUT2D eigenvalue weighted by molar-refractivity contribution is 8.13. The van der Waals surface area contributed by atoms with E-state index >= 15 is 0 Å². The Morgan fingerprint density at radius 3 is 2.44 bits per heavy atom. The van der Waals surface area contributed by atoms with Crippen LogP contribution in [0, 0.1) is 13.8 Å². The number of thioether (sulfide) groups is 1. The Bertz CT molecular complexity index is 763. The van der Waals surface area contributed by atoms with E-state index in [1.807, 2.05) is 52.1 Å². The molecular formula is C18H24N4O2S. The standard InChI is InChI=1S/C18H24N4O2S/c1-12-8-13(2)10-15(9-12)17(24)19-18(4,5)16-11-22(21-20-16)6-7-25-14(3)23/h8-11H,6-7H2,1-5H3,(H,19,24). The molecule has 1 aromatic heterocycles. The maximum Gasteiger partial charge on any atom is 0.252 e. The summed E-state index contributed by atoms with van der Waals surface area (Å²) in [4.78, 5) is 23.6. The molecule has 0 saturated carbocycles. The summed E-state index contributed by atoms with van der Waals surface area (Å²) >= 11 is 1.26. The van der Waals surface area contributed by atoms with E-state index in [0.717, 1.165) is 11.1 Å². The van der Waals surface area contributed by atoms with Gasteiger partial charge in [-0.3, -0.25) is 14.3 Å². The summed E-state index contributed by atoms with van der Waals surface area (Å²) in [5.41, 5.74) is 2.77. The predicted molar refractivity (Wildman–Crippen MR) is 99.6 cm³/mol. The number of nitrogens with one attached hydrogen (secondary N) is 1. The van der Waals surface area contributed by atoms with Crippen molar-refractivity contribution < 1.29 is 9.59 Å². The molecule has 0 bridgehead atoms. The SMILES string of the molecule is CC(=O)SCCn1cc(C(C)(C)NC(=O)c2cc(C)cc(C)c2)nn1. The second-order valence-corrected chi connectivity index (χ2v) is 7.93. The Kier molecular flexibility index (Phi) is 6.00. The summed E-state index contributed by atoms with van der Waals surface area (Å²) in [6.07, 6.45) is 1.81. The van der Waals surface area contributed by atoms with E-state index < -0.39 is 5.54 Å². The molecule has 25 heavy (non-hydrogen) atoms. The van der Waals surface area contributed by atoms with Gasteiger partial charge in [0.25, 0.3) is 5.91 Å². The third-order valence-electron chi connectivity index (χ3n) is 3.71. The molecule has 134 valence electrons. The van der Waals surface area contributed by atoms with Gasteiger partial charge < -0.3 is 5.32 Å². The number of carbonyl (C=O) groups excluding carboxylic acids is 2. The van der Waals surface area contributed by atoms with Crippen molar-refractivity contribution in [2.45, 2.75) is 46.7 Å². The highest BCUT2D eigenvalue weighted by Crippen LogP contribution is 2.19. The van der Waals surface area contributed by atoms with Gasteiger partial charge in [-0.2, -0.15) is 0 Å². The average molecular weight is 360 g/mol. The number of carbonyl (C=O) groups is 2. The zero-order chi connectivity index (χ0) is 18.6. The summed E-state index contributed by atoms with van der Waals surface area (Å²) < 4.78 is 1.69. The number of aromatic nitrogens is 3. The highest BCUT2D eigenvalue weighted by atomic mass is 32.2. The van der Waals surface area contributed by atoms with Crippen LogP contribution in [-0.2, 0) is 16.9 Å². The van der Waals surface area contributed by atoms with Crippen molar-refractivity contribution in [1.29, 1.82) is 0 Å². The van der Waals surface area contributed by atoms with Gasteiger partial charge in [0, 0.05) is 18.2 Å². The first kappa shape index (κ1) is 19.2. The second kappa shape index (κ2) is 7.82. The smallest absolute Gasteiger partial charge is 0.252 e. The van der Waals surface area contributed by atoms with Gasteiger partial charge in [0.1, 0.15) is 5.69 Å². The number of benzene rings is 1. The third kappa shape index (κ3) is 5.42. The predicted octanol–water partition coefficient (Wildman–Crippen LogP) is 2.84. The number of amides is 1. The van der Waals surface area contributed by atoms with Gasteiger partial charge in [-0.25, -0.2) is 0 Å². The first-order valence-corrected chi connectivity index (χ1v) is 9.11. The topological polar surface area (TPSA) is 76.9 Å². The number of nitrogens with zero attached hydrogens (tertiary/aromatic N) is 3. The highest BCUT2D eigenvalue weighted by Gasteiger charge is 2.27. The van der Waals surface area contributed by atoms with Crippen LogP contribution >= 0.6 is 11.8 Å². The Balaban J connectivity index is 2.06. The van der Waals surface area contributed by atoms with Crippen molar-refractivity contribution in [2.75, 3.05) is 5.75 Å². The average Bonchev–Trinajstić information content (AvgIpc) is 2.95. The first-order valence-electron chi connectivity index (χ1n) is 8.12. The zero-order valence-corrected chi connectivity index (χ0v) is 16.1. The fraction of sp³-hybridized carbons (Fsp3) is 0.444. The monoisotopic (exact) mass is 360 g/mol. The van der Waals surface area contributed by atoms with Crippen molar-refractivity contribution in [3.8, 4) is 0 Å². The van der Waals surface area contributed by atoms with E-state index in [4.69, 9.17) is 0 Å². The molecule has 1 heterocycles. The molecule has 1 amide bonds. The van der Waals surface area contributed by atoms with Crippen LogP contribution in [0.15, 0.2) is 24.4 Å². The Morgan fingerprint density at radius 1 is 1.20 bits per heavy atom. The molecule has 2 aromatic rings. The normalized spacial score (nSPS) is 11.4. The maximum atomic E-state index is 12.6. The van der Waals surface area contributed by atoms with E-state index in [1.165, 1.54) is 11.8 Å². The summed E-state index contributed by atoms with van der Waals surface area (Å²) in [7, 11) is 0. The fourth-order valence-electron chi connectivity index (χ4n) is 2.50. The molecule has 0 aliphatic heterocycles. The minimum Gasteiger partial charge on any atom is -0.341 e. The second-order valence-electron chi connectivity index (χ2n) is 6.66. The van der Waals surface area contributed by atoms with Crippen molar-refractivity contribution in [3.63, 3.8) is 0 Å². The molecule has 0 aliphatic carbocycles. The molecule has 0 fully saturated rings. The van der Waals surface area contributed by atoms with Crippen molar-refractivity contribution in [1.82, 2.24) is 20.3 Å². The van der Waals surface area contributed by atoms with E-state index in [2.05, 4.69) is 15.6 Å². The fourth-order valence-corrected chi connectivity index (χ4v) is 3.07. The lowest BCUT2D eigenvalue weighted by molar-refractivity contribution is -0.109. The quantitative estimate of drug-likeness (QED) is 0.857. The van der Waals surface area contributed by atoms with Crippen LogP contribution in [0.1, 0.15) is 48.0 Å². The van der Waals surface area contributed by atoms with Crippen molar-refractivity contribution in [2.24, 2.45) is 0 Å². The largest absolute Gasteiger partial charge is 0.341 e. The summed E-state index contributed by atoms with van der Waals surface area (Å²) in [6.45, 7) is 9.87. The molecule has 7 heteroatoms. The number of aryl methyl sites for hydroxylation is 3. The lowest BCUT2D eigenvalue weighted by Crippen LogP contribution is -2.41. The van der Waals surface area contributed by atoms with Gasteiger partial charge in [0.05, 0.1) is 18.3 Å². The van der Waals surface area contributed by atoms with Crippen LogP contribution in [0.4, 0.5) is 0 Å². The summed E-state index contributed by atoms with van der Waals surface area (Å²) in [5.74, 6) is 0.506. The van der Waals surface area contributed by atoms with Crippen LogP contribution in [0.5, 0.6) is 0 Å². The molecular weight excluding hydrogens is 336 g/mol. The molecule has 1 aromatic carbocycles. The molecule has 0 unspecified atom stereocenters. The molecule has 0 aliphatic rings. The van der Waals surface area contributed by atoms with Crippen LogP contribution in [0.3, 0.4) is 0 Å². The molecule has 0 spiro atoms. The Morgan fingerprint density at radius 2 is 1.84 bits per heavy atom. The van der Waals surface area contributed by atoms with E-state index in [-0.39, 0.29) is 11.0 Å². The molecule has 0 atom stereocenters. The van der Waals surface area contributed by atoms with Crippen LogP contribution in [0.25, 0.3) is 0 Å². The van der Waals surface area contributed by atoms with E-state index in [0.29, 0.717) is 23.6 Å². The molecule has 6 nitrogen and oxygen atoms in total. The van der Waals surface area contributed by atoms with E-state index in [1.54, 1.807) is 11.6 Å². The van der Waals surface area contributed by atoms with Gasteiger partial charge in [0.15, 0.2) is 5.12 Å². The number of hydrogen-bond acceptors (Lipinski definition) is 5. The molecule has 2 rings (SSSR count). The molecule has 0 radical (unpaired) electrons. The third-order valence-corrected chi connectivity index (χ3v) is 4.51. The van der Waals surface area contributed by atoms with Crippen LogP contribution in [-0.4, -0.2) is 31.8 Å². The minimum absolute atomic E-state index is 0.0846. The van der Waals surface area contributed by atoms with Crippen molar-refractivity contribution in [3.05, 3.63) is 46.8 Å². The molecule has 0 saturated heterocycles.